The Balaban J connectivity index is 1.40. The van der Waals surface area contributed by atoms with Crippen LogP contribution in [-0.2, 0) is 35.5 Å². The molecule has 10 nitrogen and oxygen atoms in total. The molecule has 0 aliphatic carbocycles. The fourth-order valence-electron chi connectivity index (χ4n) is 4.60. The summed E-state index contributed by atoms with van der Waals surface area (Å²) in [6.45, 7) is 0.340. The van der Waals surface area contributed by atoms with E-state index in [2.05, 4.69) is 10.6 Å². The fraction of sp³-hybridized carbons (Fsp3) is 0.290. The van der Waals surface area contributed by atoms with Gasteiger partial charge >= 0.3 is 5.69 Å². The molecule has 4 rings (SSSR count). The molecule has 0 aliphatic rings. The molecule has 0 bridgehead atoms. The van der Waals surface area contributed by atoms with Crippen LogP contribution < -0.4 is 31.4 Å². The molecule has 0 radical (unpaired) electrons. The monoisotopic (exact) mass is 592 g/mol. The van der Waals surface area contributed by atoms with Crippen molar-refractivity contribution in [1.29, 1.82) is 0 Å². The number of ether oxygens (including phenoxy) is 2. The molecule has 42 heavy (non-hydrogen) atoms. The lowest BCUT2D eigenvalue weighted by atomic mass is 10.1. The third-order valence-corrected chi connectivity index (χ3v) is 7.08. The van der Waals surface area contributed by atoms with Gasteiger partial charge in [0.25, 0.3) is 5.56 Å². The van der Waals surface area contributed by atoms with Crippen LogP contribution in [0.25, 0.3) is 10.9 Å². The molecule has 0 aliphatic heterocycles. The highest BCUT2D eigenvalue weighted by Gasteiger charge is 2.16. The third-order valence-electron chi connectivity index (χ3n) is 6.83. The first kappa shape index (κ1) is 30.4. The van der Waals surface area contributed by atoms with Gasteiger partial charge in [-0.25, -0.2) is 4.79 Å². The Kier molecular flexibility index (Phi) is 10.4. The number of methoxy groups -OCH3 is 2. The van der Waals surface area contributed by atoms with E-state index in [1.54, 1.807) is 56.7 Å². The first-order valence-corrected chi connectivity index (χ1v) is 13.9. The average Bonchev–Trinajstić information content (AvgIpc) is 3.00. The number of fused-ring (bicyclic) bond motifs is 1. The molecule has 0 unspecified atom stereocenters. The maximum atomic E-state index is 13.4. The minimum absolute atomic E-state index is 0.0639. The molecule has 0 atom stereocenters. The Morgan fingerprint density at radius 2 is 1.43 bits per heavy atom. The molecule has 3 aromatic carbocycles. The van der Waals surface area contributed by atoms with E-state index in [9.17, 15) is 19.2 Å². The molecular weight excluding hydrogens is 560 g/mol. The van der Waals surface area contributed by atoms with Gasteiger partial charge in [-0.05, 0) is 60.4 Å². The Morgan fingerprint density at radius 3 is 2.14 bits per heavy atom. The molecule has 0 spiro atoms. The number of para-hydroxylation sites is 1. The molecule has 4 aromatic rings. The van der Waals surface area contributed by atoms with E-state index in [1.807, 2.05) is 24.3 Å². The lowest BCUT2D eigenvalue weighted by Crippen LogP contribution is -2.43. The van der Waals surface area contributed by atoms with Crippen molar-refractivity contribution in [3.8, 4) is 11.5 Å². The van der Waals surface area contributed by atoms with E-state index in [0.717, 1.165) is 15.7 Å². The van der Waals surface area contributed by atoms with Crippen molar-refractivity contribution in [1.82, 2.24) is 19.8 Å². The van der Waals surface area contributed by atoms with Crippen LogP contribution in [0, 0.1) is 0 Å². The van der Waals surface area contributed by atoms with Gasteiger partial charge in [0, 0.05) is 31.1 Å². The third kappa shape index (κ3) is 7.58. The molecule has 0 saturated carbocycles. The quantitative estimate of drug-likeness (QED) is 0.246. The number of carbonyl (C=O) groups is 2. The zero-order valence-corrected chi connectivity index (χ0v) is 24.3. The van der Waals surface area contributed by atoms with Crippen LogP contribution >= 0.6 is 11.6 Å². The number of hydrogen-bond donors (Lipinski definition) is 2. The van der Waals surface area contributed by atoms with Crippen molar-refractivity contribution in [2.24, 2.45) is 0 Å². The number of amides is 2. The zero-order valence-electron chi connectivity index (χ0n) is 23.5. The summed E-state index contributed by atoms with van der Waals surface area (Å²) in [5.74, 6) is 0.537. The first-order chi connectivity index (χ1) is 20.3. The van der Waals surface area contributed by atoms with Crippen LogP contribution in [-0.4, -0.2) is 48.3 Å². The zero-order chi connectivity index (χ0) is 30.1. The summed E-state index contributed by atoms with van der Waals surface area (Å²) in [6.07, 6.45) is 1.09. The topological polar surface area (TPSA) is 121 Å². The smallest absolute Gasteiger partial charge is 0.331 e. The summed E-state index contributed by atoms with van der Waals surface area (Å²) in [5, 5.41) is 6.58. The van der Waals surface area contributed by atoms with E-state index < -0.39 is 11.2 Å². The van der Waals surface area contributed by atoms with Gasteiger partial charge in [0.2, 0.25) is 11.8 Å². The minimum Gasteiger partial charge on any atom is -0.493 e. The number of nitrogens with one attached hydrogen (secondary N) is 2. The average molecular weight is 593 g/mol. The molecular formula is C31H33ClN4O6. The molecule has 1 aromatic heterocycles. The van der Waals surface area contributed by atoms with Crippen molar-refractivity contribution in [2.45, 2.75) is 32.4 Å². The van der Waals surface area contributed by atoms with Gasteiger partial charge in [-0.1, -0.05) is 41.9 Å². The van der Waals surface area contributed by atoms with Crippen molar-refractivity contribution in [3.63, 3.8) is 0 Å². The SMILES string of the molecule is COc1ccc(CCNC(=O)Cn2c(=O)n(CCC(=O)NCCc3ccc(Cl)cc3)c(=O)c3ccccc32)cc1OC. The van der Waals surface area contributed by atoms with Crippen LogP contribution in [0.2, 0.25) is 5.02 Å². The van der Waals surface area contributed by atoms with E-state index in [4.69, 9.17) is 21.1 Å². The van der Waals surface area contributed by atoms with Crippen molar-refractivity contribution in [2.75, 3.05) is 27.3 Å². The Hall–Kier alpha value is -4.57. The summed E-state index contributed by atoms with van der Waals surface area (Å²) in [7, 11) is 3.12. The van der Waals surface area contributed by atoms with Crippen LogP contribution in [0.4, 0.5) is 0 Å². The number of benzene rings is 3. The summed E-state index contributed by atoms with van der Waals surface area (Å²) < 4.78 is 12.9. The highest BCUT2D eigenvalue weighted by Crippen LogP contribution is 2.27. The van der Waals surface area contributed by atoms with Crippen LogP contribution in [0.5, 0.6) is 11.5 Å². The molecule has 0 fully saturated rings. The summed E-state index contributed by atoms with van der Waals surface area (Å²) in [4.78, 5) is 51.9. The Morgan fingerprint density at radius 1 is 0.786 bits per heavy atom. The lowest BCUT2D eigenvalue weighted by molar-refractivity contribution is -0.122. The lowest BCUT2D eigenvalue weighted by Gasteiger charge is -2.14. The molecule has 2 N–H and O–H groups in total. The van der Waals surface area contributed by atoms with E-state index in [1.165, 1.54) is 4.57 Å². The van der Waals surface area contributed by atoms with Gasteiger partial charge in [-0.2, -0.15) is 0 Å². The Labute approximate surface area is 247 Å². The second-order valence-corrected chi connectivity index (χ2v) is 10.0. The normalized spacial score (nSPS) is 10.8. The summed E-state index contributed by atoms with van der Waals surface area (Å²) in [6, 6.07) is 19.5. The van der Waals surface area contributed by atoms with Gasteiger partial charge in [0.1, 0.15) is 6.54 Å². The summed E-state index contributed by atoms with van der Waals surface area (Å²) in [5.41, 5.74) is 1.16. The van der Waals surface area contributed by atoms with E-state index in [0.29, 0.717) is 53.4 Å². The minimum atomic E-state index is -0.650. The maximum absolute atomic E-state index is 13.4. The van der Waals surface area contributed by atoms with Gasteiger partial charge in [-0.3, -0.25) is 23.5 Å². The highest BCUT2D eigenvalue weighted by molar-refractivity contribution is 6.30. The largest absolute Gasteiger partial charge is 0.493 e. The second-order valence-electron chi connectivity index (χ2n) is 9.61. The van der Waals surface area contributed by atoms with Gasteiger partial charge < -0.3 is 20.1 Å². The number of hydrogen-bond acceptors (Lipinski definition) is 6. The molecule has 1 heterocycles. The van der Waals surface area contributed by atoms with Crippen LogP contribution in [0.3, 0.4) is 0 Å². The first-order valence-electron chi connectivity index (χ1n) is 13.5. The molecule has 0 saturated heterocycles. The van der Waals surface area contributed by atoms with Crippen molar-refractivity contribution in [3.05, 3.63) is 104 Å². The highest BCUT2D eigenvalue weighted by atomic mass is 35.5. The predicted molar refractivity (Wildman–Crippen MR) is 162 cm³/mol. The second kappa shape index (κ2) is 14.4. The van der Waals surface area contributed by atoms with Gasteiger partial charge in [0.15, 0.2) is 11.5 Å². The van der Waals surface area contributed by atoms with Crippen molar-refractivity contribution < 1.29 is 19.1 Å². The number of aromatic nitrogens is 2. The summed E-state index contributed by atoms with van der Waals surface area (Å²) >= 11 is 5.91. The number of nitrogens with zero attached hydrogens (tertiary/aromatic N) is 2. The van der Waals surface area contributed by atoms with E-state index in [-0.39, 0.29) is 31.3 Å². The molecule has 11 heteroatoms. The maximum Gasteiger partial charge on any atom is 0.331 e. The number of halogens is 1. The Bertz CT molecular complexity index is 1680. The van der Waals surface area contributed by atoms with E-state index >= 15 is 0 Å². The van der Waals surface area contributed by atoms with Gasteiger partial charge in [0.05, 0.1) is 25.1 Å². The van der Waals surface area contributed by atoms with Gasteiger partial charge in [-0.15, -0.1) is 0 Å². The van der Waals surface area contributed by atoms with Crippen LogP contribution in [0.15, 0.2) is 76.3 Å². The standard InChI is InChI=1S/C31H33ClN4O6/c1-41-26-12-9-22(19-27(26)42-2)14-17-34-29(38)20-36-25-6-4-3-5-24(25)30(39)35(31(36)40)18-15-28(37)33-16-13-21-7-10-23(32)11-8-21/h3-12,19H,13-18,20H2,1-2H3,(H,33,37)(H,34,38). The van der Waals surface area contributed by atoms with Crippen LogP contribution in [0.1, 0.15) is 17.5 Å². The number of rotatable bonds is 13. The molecule has 2 amide bonds. The fourth-order valence-corrected chi connectivity index (χ4v) is 4.73. The molecule has 220 valence electrons. The number of carbonyl (C=O) groups excluding carboxylic acids is 2. The predicted octanol–water partition coefficient (Wildman–Crippen LogP) is 2.94. The van der Waals surface area contributed by atoms with Crippen molar-refractivity contribution >= 4 is 34.3 Å².